The zero-order valence-corrected chi connectivity index (χ0v) is 17.4. The molecule has 0 bridgehead atoms. The van der Waals surface area contributed by atoms with Crippen molar-refractivity contribution in [1.82, 2.24) is 5.32 Å². The zero-order valence-electron chi connectivity index (χ0n) is 16.6. The summed E-state index contributed by atoms with van der Waals surface area (Å²) in [5, 5.41) is 23.8. The summed E-state index contributed by atoms with van der Waals surface area (Å²) in [5.41, 5.74) is 3.25. The number of nitrogens with one attached hydrogen (secondary N) is 1. The Kier molecular flexibility index (Phi) is 7.53. The smallest absolute Gasteiger partial charge is 0.344 e. The minimum Gasteiger partial charge on any atom is -0.479 e. The molecule has 5 nitrogen and oxygen atoms in total. The van der Waals surface area contributed by atoms with Crippen LogP contribution < -0.4 is 10.1 Å². The molecule has 0 aliphatic heterocycles. The summed E-state index contributed by atoms with van der Waals surface area (Å²) >= 11 is 6.02. The Morgan fingerprint density at radius 2 is 2.10 bits per heavy atom. The lowest BCUT2D eigenvalue weighted by Crippen LogP contribution is -2.34. The van der Waals surface area contributed by atoms with Crippen molar-refractivity contribution in [3.05, 3.63) is 64.2 Å². The number of rotatable bonds is 8. The van der Waals surface area contributed by atoms with Gasteiger partial charge in [0.25, 0.3) is 0 Å². The molecule has 29 heavy (non-hydrogen) atoms. The van der Waals surface area contributed by atoms with E-state index in [0.29, 0.717) is 23.7 Å². The zero-order chi connectivity index (χ0) is 20.8. The standard InChI is InChI=1S/C23H28ClNO4/c1-2-22(23(27)28)29-20-10-9-15-5-4-8-19(12-17(15)13-20)25-14-21(26)16-6-3-7-18(24)11-16/h3,6-7,9-11,13,19,21-22,25-26H,2,4-5,8,12,14H2,1H3,(H,27,28). The van der Waals surface area contributed by atoms with Crippen molar-refractivity contribution in [2.24, 2.45) is 0 Å². The number of aliphatic carboxylic acids is 1. The molecule has 1 aliphatic rings. The SMILES string of the molecule is CCC(Oc1ccc2c(c1)CC(NCC(O)c1cccc(Cl)c1)CCC2)C(=O)O. The van der Waals surface area contributed by atoms with Gasteiger partial charge in [-0.2, -0.15) is 0 Å². The number of aliphatic hydroxyl groups excluding tert-OH is 1. The van der Waals surface area contributed by atoms with Crippen LogP contribution in [0, 0.1) is 0 Å². The van der Waals surface area contributed by atoms with Gasteiger partial charge in [0.15, 0.2) is 6.10 Å². The normalized spacial score (nSPS) is 18.4. The average molecular weight is 418 g/mol. The molecule has 0 saturated carbocycles. The minimum atomic E-state index is -0.947. The highest BCUT2D eigenvalue weighted by Gasteiger charge is 2.21. The van der Waals surface area contributed by atoms with E-state index in [2.05, 4.69) is 5.32 Å². The van der Waals surface area contributed by atoms with Gasteiger partial charge in [-0.05, 0) is 73.1 Å². The molecule has 3 unspecified atom stereocenters. The third kappa shape index (κ3) is 5.95. The lowest BCUT2D eigenvalue weighted by molar-refractivity contribution is -0.145. The molecule has 0 aromatic heterocycles. The summed E-state index contributed by atoms with van der Waals surface area (Å²) in [4.78, 5) is 11.3. The van der Waals surface area contributed by atoms with Crippen molar-refractivity contribution >= 4 is 17.6 Å². The second-order valence-corrected chi connectivity index (χ2v) is 7.99. The molecular weight excluding hydrogens is 390 g/mol. The van der Waals surface area contributed by atoms with Gasteiger partial charge < -0.3 is 20.3 Å². The molecule has 2 aromatic rings. The highest BCUT2D eigenvalue weighted by Crippen LogP contribution is 2.26. The van der Waals surface area contributed by atoms with E-state index in [-0.39, 0.29) is 6.04 Å². The first-order chi connectivity index (χ1) is 14.0. The number of fused-ring (bicyclic) bond motifs is 1. The van der Waals surface area contributed by atoms with E-state index in [1.54, 1.807) is 19.1 Å². The van der Waals surface area contributed by atoms with E-state index in [1.165, 1.54) is 11.1 Å². The van der Waals surface area contributed by atoms with E-state index < -0.39 is 18.2 Å². The van der Waals surface area contributed by atoms with Crippen LogP contribution in [0.15, 0.2) is 42.5 Å². The topological polar surface area (TPSA) is 78.8 Å². The Hall–Kier alpha value is -2.08. The fraction of sp³-hybridized carbons (Fsp3) is 0.435. The van der Waals surface area contributed by atoms with Gasteiger partial charge in [-0.3, -0.25) is 0 Å². The molecular formula is C23H28ClNO4. The minimum absolute atomic E-state index is 0.238. The van der Waals surface area contributed by atoms with Gasteiger partial charge in [-0.15, -0.1) is 0 Å². The second kappa shape index (κ2) is 10.1. The van der Waals surface area contributed by atoms with Gasteiger partial charge in [0.1, 0.15) is 5.75 Å². The van der Waals surface area contributed by atoms with Crippen molar-refractivity contribution in [2.45, 2.75) is 57.3 Å². The number of hydrogen-bond donors (Lipinski definition) is 3. The Bertz CT molecular complexity index is 841. The van der Waals surface area contributed by atoms with Gasteiger partial charge in [0.05, 0.1) is 6.10 Å². The molecule has 0 fully saturated rings. The highest BCUT2D eigenvalue weighted by molar-refractivity contribution is 6.30. The molecule has 2 aromatic carbocycles. The van der Waals surface area contributed by atoms with E-state index in [0.717, 1.165) is 31.2 Å². The first kappa shape index (κ1) is 21.6. The van der Waals surface area contributed by atoms with Crippen LogP contribution in [0.3, 0.4) is 0 Å². The summed E-state index contributed by atoms with van der Waals surface area (Å²) in [6.45, 7) is 2.25. The van der Waals surface area contributed by atoms with Crippen molar-refractivity contribution in [3.8, 4) is 5.75 Å². The average Bonchev–Trinajstić information content (AvgIpc) is 2.91. The Morgan fingerprint density at radius 1 is 1.28 bits per heavy atom. The third-order valence-corrected chi connectivity index (χ3v) is 5.64. The quantitative estimate of drug-likeness (QED) is 0.562. The predicted octanol–water partition coefficient (Wildman–Crippen LogP) is 4.15. The largest absolute Gasteiger partial charge is 0.479 e. The number of carboxylic acid groups (broad SMARTS) is 1. The molecule has 0 heterocycles. The first-order valence-corrected chi connectivity index (χ1v) is 10.5. The lowest BCUT2D eigenvalue weighted by atomic mass is 10.0. The van der Waals surface area contributed by atoms with Gasteiger partial charge in [0.2, 0.25) is 0 Å². The maximum absolute atomic E-state index is 11.3. The fourth-order valence-corrected chi connectivity index (χ4v) is 3.97. The van der Waals surface area contributed by atoms with E-state index in [4.69, 9.17) is 16.3 Å². The maximum atomic E-state index is 11.3. The summed E-state index contributed by atoms with van der Waals surface area (Å²) in [6, 6.07) is 13.4. The number of halogens is 1. The molecule has 0 radical (unpaired) electrons. The number of carboxylic acids is 1. The van der Waals surface area contributed by atoms with Crippen LogP contribution in [0.2, 0.25) is 5.02 Å². The lowest BCUT2D eigenvalue weighted by Gasteiger charge is -2.20. The predicted molar refractivity (Wildman–Crippen MR) is 114 cm³/mol. The molecule has 3 atom stereocenters. The number of benzene rings is 2. The van der Waals surface area contributed by atoms with Crippen LogP contribution in [-0.4, -0.2) is 34.9 Å². The van der Waals surface area contributed by atoms with Crippen LogP contribution in [0.5, 0.6) is 5.75 Å². The van der Waals surface area contributed by atoms with Crippen LogP contribution in [0.25, 0.3) is 0 Å². The molecule has 0 amide bonds. The van der Waals surface area contributed by atoms with E-state index in [9.17, 15) is 15.0 Å². The number of hydrogen-bond acceptors (Lipinski definition) is 4. The molecule has 3 rings (SSSR count). The van der Waals surface area contributed by atoms with Crippen LogP contribution in [-0.2, 0) is 17.6 Å². The number of carbonyl (C=O) groups is 1. The van der Waals surface area contributed by atoms with E-state index >= 15 is 0 Å². The highest BCUT2D eigenvalue weighted by atomic mass is 35.5. The van der Waals surface area contributed by atoms with E-state index in [1.807, 2.05) is 30.3 Å². The summed E-state index contributed by atoms with van der Waals surface area (Å²) < 4.78 is 5.66. The molecule has 156 valence electrons. The molecule has 0 saturated heterocycles. The molecule has 6 heteroatoms. The van der Waals surface area contributed by atoms with Crippen molar-refractivity contribution in [3.63, 3.8) is 0 Å². The third-order valence-electron chi connectivity index (χ3n) is 5.40. The molecule has 0 spiro atoms. The summed E-state index contributed by atoms with van der Waals surface area (Å²) in [7, 11) is 0. The molecule has 3 N–H and O–H groups in total. The van der Waals surface area contributed by atoms with Crippen LogP contribution in [0.1, 0.15) is 49.0 Å². The van der Waals surface area contributed by atoms with Gasteiger partial charge >= 0.3 is 5.97 Å². The second-order valence-electron chi connectivity index (χ2n) is 7.56. The van der Waals surface area contributed by atoms with Crippen LogP contribution in [0.4, 0.5) is 0 Å². The van der Waals surface area contributed by atoms with Crippen molar-refractivity contribution in [1.29, 1.82) is 0 Å². The van der Waals surface area contributed by atoms with Gasteiger partial charge in [-0.25, -0.2) is 4.79 Å². The Labute approximate surface area is 176 Å². The van der Waals surface area contributed by atoms with Crippen molar-refractivity contribution < 1.29 is 19.7 Å². The van der Waals surface area contributed by atoms with Crippen molar-refractivity contribution in [2.75, 3.05) is 6.54 Å². The first-order valence-electron chi connectivity index (χ1n) is 10.1. The maximum Gasteiger partial charge on any atom is 0.344 e. The number of aryl methyl sites for hydroxylation is 1. The summed E-state index contributed by atoms with van der Waals surface area (Å²) in [5.74, 6) is -0.352. The molecule has 1 aliphatic carbocycles. The number of ether oxygens (including phenoxy) is 1. The fourth-order valence-electron chi connectivity index (χ4n) is 3.77. The van der Waals surface area contributed by atoms with Crippen LogP contribution >= 0.6 is 11.6 Å². The Balaban J connectivity index is 1.64. The number of aliphatic hydroxyl groups is 1. The monoisotopic (exact) mass is 417 g/mol. The summed E-state index contributed by atoms with van der Waals surface area (Å²) in [6.07, 6.45) is 2.84. The van der Waals surface area contributed by atoms with Gasteiger partial charge in [-0.1, -0.05) is 36.7 Å². The van der Waals surface area contributed by atoms with Gasteiger partial charge in [0, 0.05) is 17.6 Å². The Morgan fingerprint density at radius 3 is 2.83 bits per heavy atom.